The molecule has 4 rings (SSSR count). The molecule has 1 atom stereocenters. The van der Waals surface area contributed by atoms with Crippen molar-refractivity contribution in [1.82, 2.24) is 10.2 Å². The van der Waals surface area contributed by atoms with E-state index in [0.29, 0.717) is 27.1 Å². The number of nitrogens with zero attached hydrogens (tertiary/aromatic N) is 1. The maximum absolute atomic E-state index is 13.1. The van der Waals surface area contributed by atoms with Crippen LogP contribution in [-0.2, 0) is 16.9 Å². The second-order valence-electron chi connectivity index (χ2n) is 6.68. The molecule has 1 aliphatic heterocycles. The van der Waals surface area contributed by atoms with Gasteiger partial charge >= 0.3 is 11.7 Å². The molecule has 1 fully saturated rings. The largest absolute Gasteiger partial charge is 0.423 e. The van der Waals surface area contributed by atoms with Crippen LogP contribution in [0.5, 0.6) is 0 Å². The number of carbonyl (C=O) groups excluding carboxylic acids is 2. The van der Waals surface area contributed by atoms with Crippen LogP contribution in [0.15, 0.2) is 62.2 Å². The molecule has 3 amide bonds. The highest BCUT2D eigenvalue weighted by Gasteiger charge is 2.49. The van der Waals surface area contributed by atoms with Gasteiger partial charge in [-0.3, -0.25) is 9.69 Å². The maximum Gasteiger partial charge on any atom is 0.336 e. The molecule has 1 aliphatic rings. The van der Waals surface area contributed by atoms with Crippen LogP contribution in [0.3, 0.4) is 0 Å². The van der Waals surface area contributed by atoms with Crippen molar-refractivity contribution in [3.8, 4) is 0 Å². The van der Waals surface area contributed by atoms with Gasteiger partial charge in [0.1, 0.15) is 11.1 Å². The second kappa shape index (κ2) is 6.76. The molecule has 3 aromatic rings. The van der Waals surface area contributed by atoms with Gasteiger partial charge in [-0.05, 0) is 48.4 Å². The van der Waals surface area contributed by atoms with Crippen LogP contribution < -0.4 is 10.9 Å². The molecule has 1 N–H and O–H groups in total. The number of hydrogen-bond acceptors (Lipinski definition) is 4. The van der Waals surface area contributed by atoms with Crippen molar-refractivity contribution in [2.45, 2.75) is 19.0 Å². The SMILES string of the molecule is CC1(c2ccc(Cl)cc2)NC(=O)N(Cc2cc(=O)oc3cc(Br)ccc23)C1=O. The van der Waals surface area contributed by atoms with E-state index in [9.17, 15) is 14.4 Å². The highest BCUT2D eigenvalue weighted by Crippen LogP contribution is 2.31. The lowest BCUT2D eigenvalue weighted by Crippen LogP contribution is -2.40. The van der Waals surface area contributed by atoms with Gasteiger partial charge in [0.15, 0.2) is 0 Å². The number of halogens is 2. The number of amides is 3. The van der Waals surface area contributed by atoms with Crippen LogP contribution in [0.4, 0.5) is 4.79 Å². The van der Waals surface area contributed by atoms with Gasteiger partial charge < -0.3 is 9.73 Å². The molecule has 0 bridgehead atoms. The summed E-state index contributed by atoms with van der Waals surface area (Å²) in [5, 5.41) is 3.94. The Morgan fingerprint density at radius 3 is 2.54 bits per heavy atom. The highest BCUT2D eigenvalue weighted by atomic mass is 79.9. The number of rotatable bonds is 3. The molecule has 1 unspecified atom stereocenters. The Morgan fingerprint density at radius 2 is 1.82 bits per heavy atom. The quantitative estimate of drug-likeness (QED) is 0.469. The molecule has 0 radical (unpaired) electrons. The summed E-state index contributed by atoms with van der Waals surface area (Å²) in [7, 11) is 0. The number of benzene rings is 2. The average molecular weight is 462 g/mol. The molecule has 1 aromatic heterocycles. The monoisotopic (exact) mass is 460 g/mol. The first-order valence-corrected chi connectivity index (χ1v) is 9.57. The van der Waals surface area contributed by atoms with E-state index in [1.165, 1.54) is 6.07 Å². The molecule has 142 valence electrons. The molecular formula is C20H14BrClN2O4. The molecule has 8 heteroatoms. The first-order valence-electron chi connectivity index (χ1n) is 8.40. The van der Waals surface area contributed by atoms with Gasteiger partial charge in [0.05, 0.1) is 6.54 Å². The van der Waals surface area contributed by atoms with Gasteiger partial charge in [-0.25, -0.2) is 9.59 Å². The molecule has 1 saturated heterocycles. The van der Waals surface area contributed by atoms with Crippen LogP contribution in [0.2, 0.25) is 5.02 Å². The molecule has 0 aliphatic carbocycles. The number of fused-ring (bicyclic) bond motifs is 1. The van der Waals surface area contributed by atoms with Gasteiger partial charge in [0, 0.05) is 20.9 Å². The number of carbonyl (C=O) groups is 2. The Labute approximate surface area is 173 Å². The third kappa shape index (κ3) is 3.10. The highest BCUT2D eigenvalue weighted by molar-refractivity contribution is 9.10. The molecule has 2 aromatic carbocycles. The Kier molecular flexibility index (Phi) is 4.51. The summed E-state index contributed by atoms with van der Waals surface area (Å²) < 4.78 is 5.98. The third-order valence-electron chi connectivity index (χ3n) is 4.82. The van der Waals surface area contributed by atoms with E-state index in [2.05, 4.69) is 21.2 Å². The minimum atomic E-state index is -1.21. The molecule has 28 heavy (non-hydrogen) atoms. The smallest absolute Gasteiger partial charge is 0.336 e. The second-order valence-corrected chi connectivity index (χ2v) is 8.04. The summed E-state index contributed by atoms with van der Waals surface area (Å²) in [5.74, 6) is -0.404. The predicted octanol–water partition coefficient (Wildman–Crippen LogP) is 4.18. The number of hydrogen-bond donors (Lipinski definition) is 1. The maximum atomic E-state index is 13.1. The van der Waals surface area contributed by atoms with Crippen LogP contribution in [-0.4, -0.2) is 16.8 Å². The van der Waals surface area contributed by atoms with Crippen molar-refractivity contribution in [1.29, 1.82) is 0 Å². The minimum absolute atomic E-state index is 0.0441. The van der Waals surface area contributed by atoms with Crippen molar-refractivity contribution in [2.75, 3.05) is 0 Å². The zero-order valence-corrected chi connectivity index (χ0v) is 17.0. The van der Waals surface area contributed by atoms with E-state index in [4.69, 9.17) is 16.0 Å². The number of imide groups is 1. The normalized spacial score (nSPS) is 19.3. The number of urea groups is 1. The van der Waals surface area contributed by atoms with E-state index in [1.54, 1.807) is 49.4 Å². The summed E-state index contributed by atoms with van der Waals surface area (Å²) in [6.45, 7) is 1.60. The van der Waals surface area contributed by atoms with Crippen LogP contribution in [0.25, 0.3) is 11.0 Å². The Bertz CT molecular complexity index is 1180. The Hall–Kier alpha value is -2.64. The van der Waals surface area contributed by atoms with Crippen molar-refractivity contribution in [3.05, 3.63) is 79.6 Å². The van der Waals surface area contributed by atoms with E-state index in [0.717, 1.165) is 9.37 Å². The lowest BCUT2D eigenvalue weighted by atomic mass is 9.92. The Balaban J connectivity index is 1.72. The average Bonchev–Trinajstić information content (AvgIpc) is 2.85. The van der Waals surface area contributed by atoms with Gasteiger partial charge in [-0.15, -0.1) is 0 Å². The third-order valence-corrected chi connectivity index (χ3v) is 5.56. The fourth-order valence-corrected chi connectivity index (χ4v) is 3.79. The summed E-state index contributed by atoms with van der Waals surface area (Å²) >= 11 is 9.26. The Morgan fingerprint density at radius 1 is 1.11 bits per heavy atom. The first kappa shape index (κ1) is 18.7. The molecule has 0 saturated carbocycles. The summed E-state index contributed by atoms with van der Waals surface area (Å²) in [6, 6.07) is 12.8. The van der Waals surface area contributed by atoms with E-state index in [1.807, 2.05) is 0 Å². The first-order chi connectivity index (χ1) is 13.3. The van der Waals surface area contributed by atoms with Crippen LogP contribution in [0, 0.1) is 0 Å². The van der Waals surface area contributed by atoms with Crippen LogP contribution in [0.1, 0.15) is 18.1 Å². The minimum Gasteiger partial charge on any atom is -0.423 e. The van der Waals surface area contributed by atoms with Gasteiger partial charge in [0.2, 0.25) is 0 Å². The summed E-state index contributed by atoms with van der Waals surface area (Å²) in [6.07, 6.45) is 0. The van der Waals surface area contributed by atoms with Crippen LogP contribution >= 0.6 is 27.5 Å². The lowest BCUT2D eigenvalue weighted by molar-refractivity contribution is -0.131. The van der Waals surface area contributed by atoms with Crippen molar-refractivity contribution >= 4 is 50.4 Å². The van der Waals surface area contributed by atoms with Crippen molar-refractivity contribution < 1.29 is 14.0 Å². The number of nitrogens with one attached hydrogen (secondary N) is 1. The van der Waals surface area contributed by atoms with Gasteiger partial charge in [-0.1, -0.05) is 39.7 Å². The van der Waals surface area contributed by atoms with E-state index < -0.39 is 23.1 Å². The molecule has 0 spiro atoms. The van der Waals surface area contributed by atoms with Gasteiger partial charge in [0.25, 0.3) is 5.91 Å². The molecule has 6 nitrogen and oxygen atoms in total. The summed E-state index contributed by atoms with van der Waals surface area (Å²) in [4.78, 5) is 38.7. The van der Waals surface area contributed by atoms with Crippen molar-refractivity contribution in [3.63, 3.8) is 0 Å². The molecular weight excluding hydrogens is 448 g/mol. The fraction of sp³-hybridized carbons (Fsp3) is 0.150. The van der Waals surface area contributed by atoms with E-state index in [-0.39, 0.29) is 6.54 Å². The standard InChI is InChI=1S/C20H14BrClN2O4/c1-20(12-2-5-14(22)6-3-12)18(26)24(19(27)23-20)10-11-8-17(25)28-16-9-13(21)4-7-15(11)16/h2-9H,10H2,1H3,(H,23,27). The molecule has 2 heterocycles. The lowest BCUT2D eigenvalue weighted by Gasteiger charge is -2.22. The predicted molar refractivity (Wildman–Crippen MR) is 108 cm³/mol. The zero-order valence-electron chi connectivity index (χ0n) is 14.7. The topological polar surface area (TPSA) is 79.6 Å². The summed E-state index contributed by atoms with van der Waals surface area (Å²) in [5.41, 5.74) is -0.223. The van der Waals surface area contributed by atoms with Crippen molar-refractivity contribution in [2.24, 2.45) is 0 Å². The fourth-order valence-electron chi connectivity index (χ4n) is 3.32. The van der Waals surface area contributed by atoms with E-state index >= 15 is 0 Å². The van der Waals surface area contributed by atoms with Gasteiger partial charge in [-0.2, -0.15) is 0 Å². The zero-order chi connectivity index (χ0) is 20.1.